The van der Waals surface area contributed by atoms with Crippen molar-refractivity contribution >= 4 is 22.2 Å². The summed E-state index contributed by atoms with van der Waals surface area (Å²) in [5, 5.41) is 4.51. The highest BCUT2D eigenvalue weighted by Crippen LogP contribution is 2.25. The molecule has 1 saturated heterocycles. The van der Waals surface area contributed by atoms with Crippen LogP contribution >= 0.6 is 12.2 Å². The van der Waals surface area contributed by atoms with E-state index in [9.17, 15) is 8.42 Å². The molecule has 0 aliphatic carbocycles. The number of nitrogens with zero attached hydrogens (tertiary/aromatic N) is 3. The van der Waals surface area contributed by atoms with Crippen molar-refractivity contribution in [3.05, 3.63) is 65.0 Å². The molecule has 1 aromatic heterocycles. The van der Waals surface area contributed by atoms with E-state index < -0.39 is 10.0 Å². The molecule has 0 spiro atoms. The maximum atomic E-state index is 13.0. The third kappa shape index (κ3) is 5.12. The molecule has 164 valence electrons. The number of hydrogen-bond donors (Lipinski definition) is 1. The minimum Gasteiger partial charge on any atom is -0.409 e. The maximum absolute atomic E-state index is 13.0. The van der Waals surface area contributed by atoms with E-state index in [1.54, 1.807) is 33.3 Å². The predicted octanol–water partition coefficient (Wildman–Crippen LogP) is 2.72. The molecule has 1 aliphatic heterocycles. The summed E-state index contributed by atoms with van der Waals surface area (Å²) >= 11 is 5.36. The molecule has 3 aromatic rings. The first-order valence-electron chi connectivity index (χ1n) is 10.5. The van der Waals surface area contributed by atoms with Crippen molar-refractivity contribution in [2.45, 2.75) is 37.4 Å². The fraction of sp³-hybridized carbons (Fsp3) is 0.364. The van der Waals surface area contributed by atoms with Crippen LogP contribution in [0, 0.1) is 4.84 Å². The molecule has 1 aliphatic rings. The summed E-state index contributed by atoms with van der Waals surface area (Å²) in [4.78, 5) is 1.73. The molecule has 9 heteroatoms. The zero-order valence-electron chi connectivity index (χ0n) is 17.5. The highest BCUT2D eigenvalue weighted by molar-refractivity contribution is 7.89. The monoisotopic (exact) mass is 459 g/mol. The number of aromatic nitrogens is 2. The Kier molecular flexibility index (Phi) is 6.66. The molecule has 1 atom stereocenters. The first kappa shape index (κ1) is 21.9. The Balaban J connectivity index is 1.53. The molecule has 0 amide bonds. The summed E-state index contributed by atoms with van der Waals surface area (Å²) in [7, 11) is -1.46. The Labute approximate surface area is 188 Å². The molecular formula is C22H27N4O3S2+. The van der Waals surface area contributed by atoms with Gasteiger partial charge in [-0.1, -0.05) is 42.8 Å². The van der Waals surface area contributed by atoms with Crippen molar-refractivity contribution in [2.24, 2.45) is 0 Å². The van der Waals surface area contributed by atoms with Gasteiger partial charge >= 0.3 is 0 Å². The van der Waals surface area contributed by atoms with Crippen LogP contribution in [0.1, 0.15) is 24.8 Å². The second-order valence-electron chi connectivity index (χ2n) is 7.94. The molecule has 0 radical (unpaired) electrons. The summed E-state index contributed by atoms with van der Waals surface area (Å²) < 4.78 is 34.9. The Bertz CT molecular complexity index is 1180. The molecular weight excluding hydrogens is 432 g/mol. The quantitative estimate of drug-likeness (QED) is 0.550. The van der Waals surface area contributed by atoms with Crippen LogP contribution in [-0.4, -0.2) is 42.6 Å². The van der Waals surface area contributed by atoms with E-state index in [4.69, 9.17) is 16.6 Å². The summed E-state index contributed by atoms with van der Waals surface area (Å²) in [6.07, 6.45) is 2.87. The van der Waals surface area contributed by atoms with Gasteiger partial charge in [0.25, 0.3) is 4.84 Å². The van der Waals surface area contributed by atoms with E-state index in [2.05, 4.69) is 24.3 Å². The van der Waals surface area contributed by atoms with Gasteiger partial charge in [0.1, 0.15) is 6.54 Å². The Hall–Kier alpha value is -2.33. The van der Waals surface area contributed by atoms with Crippen LogP contribution in [0.2, 0.25) is 0 Å². The van der Waals surface area contributed by atoms with E-state index in [1.165, 1.54) is 10.5 Å². The van der Waals surface area contributed by atoms with Crippen molar-refractivity contribution in [2.75, 3.05) is 20.1 Å². The lowest BCUT2D eigenvalue weighted by Crippen LogP contribution is -3.07. The minimum absolute atomic E-state index is 0.259. The molecule has 2 heterocycles. The Morgan fingerprint density at radius 3 is 2.55 bits per heavy atom. The number of benzene rings is 2. The minimum atomic E-state index is -3.52. The van der Waals surface area contributed by atoms with Crippen LogP contribution < -0.4 is 4.90 Å². The van der Waals surface area contributed by atoms with E-state index in [-0.39, 0.29) is 9.73 Å². The van der Waals surface area contributed by atoms with E-state index in [0.29, 0.717) is 31.2 Å². The van der Waals surface area contributed by atoms with Gasteiger partial charge in [-0.05, 0) is 43.3 Å². The van der Waals surface area contributed by atoms with E-state index in [0.717, 1.165) is 25.8 Å². The lowest BCUT2D eigenvalue weighted by atomic mass is 10.2. The number of piperidine rings is 1. The average molecular weight is 460 g/mol. The molecule has 0 saturated carbocycles. The van der Waals surface area contributed by atoms with Gasteiger partial charge in [0, 0.05) is 24.2 Å². The Morgan fingerprint density at radius 2 is 1.81 bits per heavy atom. The van der Waals surface area contributed by atoms with E-state index in [1.807, 2.05) is 18.2 Å². The second-order valence-corrected chi connectivity index (χ2v) is 10.2. The van der Waals surface area contributed by atoms with Gasteiger partial charge in [0.05, 0.1) is 11.9 Å². The van der Waals surface area contributed by atoms with Crippen LogP contribution in [0.5, 0.6) is 0 Å². The number of sulfonamides is 1. The van der Waals surface area contributed by atoms with Crippen molar-refractivity contribution in [1.82, 2.24) is 14.1 Å². The van der Waals surface area contributed by atoms with Gasteiger partial charge < -0.3 is 9.32 Å². The van der Waals surface area contributed by atoms with Crippen molar-refractivity contribution in [3.63, 3.8) is 0 Å². The van der Waals surface area contributed by atoms with Crippen molar-refractivity contribution < 1.29 is 17.7 Å². The van der Waals surface area contributed by atoms with Crippen molar-refractivity contribution in [1.29, 1.82) is 0 Å². The first-order chi connectivity index (χ1) is 14.9. The van der Waals surface area contributed by atoms with Gasteiger partial charge in [-0.2, -0.15) is 8.99 Å². The fourth-order valence-corrected chi connectivity index (χ4v) is 5.57. The van der Waals surface area contributed by atoms with Crippen LogP contribution in [0.15, 0.2) is 63.9 Å². The smallest absolute Gasteiger partial charge is 0.292 e. The van der Waals surface area contributed by atoms with Crippen molar-refractivity contribution in [3.8, 4) is 11.5 Å². The van der Waals surface area contributed by atoms with Gasteiger partial charge in [0.15, 0.2) is 6.67 Å². The highest BCUT2D eigenvalue weighted by Gasteiger charge is 2.26. The average Bonchev–Trinajstić information content (AvgIpc) is 3.15. The lowest BCUT2D eigenvalue weighted by Gasteiger charge is -2.25. The standard InChI is InChI=1S/C22H26N4O3S2/c1-24(16-18-9-4-2-5-10-18)17-26-22(30)29-21(23-26)19-11-8-12-20(15-19)31(27,28)25-13-6-3-7-14-25/h2,4-5,8-12,15H,3,6-7,13-14,16-17H2,1H3/p+1. The first-order valence-corrected chi connectivity index (χ1v) is 12.3. The Morgan fingerprint density at radius 1 is 1.06 bits per heavy atom. The number of nitrogens with one attached hydrogen (secondary N) is 1. The normalized spacial score (nSPS) is 16.3. The zero-order valence-corrected chi connectivity index (χ0v) is 19.2. The molecule has 31 heavy (non-hydrogen) atoms. The van der Waals surface area contributed by atoms with Crippen LogP contribution in [0.4, 0.5) is 0 Å². The van der Waals surface area contributed by atoms with Crippen LogP contribution in [-0.2, 0) is 23.2 Å². The summed E-state index contributed by atoms with van der Waals surface area (Å²) in [5.41, 5.74) is 1.83. The topological polar surface area (TPSA) is 72.8 Å². The number of rotatable bonds is 7. The van der Waals surface area contributed by atoms with Gasteiger partial charge in [-0.25, -0.2) is 8.42 Å². The molecule has 4 rings (SSSR count). The molecule has 0 bridgehead atoms. The summed E-state index contributed by atoms with van der Waals surface area (Å²) in [5.74, 6) is 0.327. The van der Waals surface area contributed by atoms with Gasteiger partial charge in [-0.3, -0.25) is 0 Å². The summed E-state index contributed by atoms with van der Waals surface area (Å²) in [6, 6.07) is 17.0. The number of hydrogen-bond acceptors (Lipinski definition) is 5. The SMILES string of the molecule is C[NH+](Cc1ccccc1)Cn1nc(-c2cccc(S(=O)(=O)N3CCCCC3)c2)oc1=S. The molecule has 7 nitrogen and oxygen atoms in total. The van der Waals surface area contributed by atoms with Gasteiger partial charge in [0.2, 0.25) is 15.9 Å². The highest BCUT2D eigenvalue weighted by atomic mass is 32.2. The fourth-order valence-electron chi connectivity index (χ4n) is 3.82. The lowest BCUT2D eigenvalue weighted by molar-refractivity contribution is -0.917. The molecule has 1 N–H and O–H groups in total. The zero-order chi connectivity index (χ0) is 21.8. The maximum Gasteiger partial charge on any atom is 0.292 e. The van der Waals surface area contributed by atoms with E-state index >= 15 is 0 Å². The van der Waals surface area contributed by atoms with Crippen LogP contribution in [0.25, 0.3) is 11.5 Å². The molecule has 2 aromatic carbocycles. The molecule has 1 unspecified atom stereocenters. The largest absolute Gasteiger partial charge is 0.409 e. The predicted molar refractivity (Wildman–Crippen MR) is 120 cm³/mol. The third-order valence-electron chi connectivity index (χ3n) is 5.41. The third-order valence-corrected chi connectivity index (χ3v) is 7.60. The number of quaternary nitrogens is 1. The van der Waals surface area contributed by atoms with Crippen LogP contribution in [0.3, 0.4) is 0 Å². The molecule has 1 fully saturated rings. The second kappa shape index (κ2) is 9.44. The summed E-state index contributed by atoms with van der Waals surface area (Å²) in [6.45, 7) is 2.51. The van der Waals surface area contributed by atoms with Gasteiger partial charge in [-0.15, -0.1) is 5.10 Å².